The van der Waals surface area contributed by atoms with E-state index in [4.69, 9.17) is 22.5 Å². The number of aryl methyl sites for hydroxylation is 1. The van der Waals surface area contributed by atoms with Gasteiger partial charge in [0.05, 0.1) is 16.9 Å². The summed E-state index contributed by atoms with van der Waals surface area (Å²) in [5.74, 6) is -0.160. The highest BCUT2D eigenvalue weighted by Gasteiger charge is 2.19. The Bertz CT molecular complexity index is 800. The normalized spacial score (nSPS) is 12.4. The molecule has 8 nitrogen and oxygen atoms in total. The molecule has 0 spiro atoms. The average molecular weight is 330 g/mol. The lowest BCUT2D eigenvalue weighted by atomic mass is 10.2. The van der Waals surface area contributed by atoms with Gasteiger partial charge in [-0.05, 0) is 24.3 Å². The number of hydrogen-bond donors (Lipinski definition) is 3. The second kappa shape index (κ2) is 5.62. The van der Waals surface area contributed by atoms with Crippen molar-refractivity contribution in [2.24, 2.45) is 17.9 Å². The Kier molecular flexibility index (Phi) is 4.05. The fourth-order valence-electron chi connectivity index (χ4n) is 1.64. The van der Waals surface area contributed by atoms with Crippen LogP contribution in [0.4, 0.5) is 5.69 Å². The summed E-state index contributed by atoms with van der Waals surface area (Å²) >= 11 is 5.96. The van der Waals surface area contributed by atoms with Crippen LogP contribution in [0.5, 0.6) is 0 Å². The van der Waals surface area contributed by atoms with Gasteiger partial charge in [0.1, 0.15) is 0 Å². The van der Waals surface area contributed by atoms with Crippen LogP contribution in [0.25, 0.3) is 0 Å². The van der Waals surface area contributed by atoms with Crippen LogP contribution in [0.3, 0.4) is 0 Å². The highest BCUT2D eigenvalue weighted by atomic mass is 35.5. The van der Waals surface area contributed by atoms with E-state index >= 15 is 0 Å². The number of anilines is 1. The van der Waals surface area contributed by atoms with Crippen LogP contribution in [0.1, 0.15) is 5.56 Å². The van der Waals surface area contributed by atoms with Crippen LogP contribution in [-0.2, 0) is 17.1 Å². The number of sulfonamides is 1. The molecule has 2 rings (SSSR count). The van der Waals surface area contributed by atoms with E-state index in [1.165, 1.54) is 42.2 Å². The van der Waals surface area contributed by atoms with Crippen LogP contribution >= 0.6 is 11.6 Å². The minimum atomic E-state index is -3.85. The maximum absolute atomic E-state index is 12.2. The Hall–Kier alpha value is -2.26. The monoisotopic (exact) mass is 329 g/mol. The van der Waals surface area contributed by atoms with E-state index in [0.29, 0.717) is 5.56 Å². The second-order valence-corrected chi connectivity index (χ2v) is 6.11. The first-order chi connectivity index (χ1) is 9.85. The predicted octanol–water partition coefficient (Wildman–Crippen LogP) is 0.969. The van der Waals surface area contributed by atoms with Crippen molar-refractivity contribution < 1.29 is 13.6 Å². The zero-order valence-corrected chi connectivity index (χ0v) is 12.4. The molecule has 0 amide bonds. The van der Waals surface area contributed by atoms with E-state index in [2.05, 4.69) is 15.0 Å². The molecule has 1 heterocycles. The third-order valence-corrected chi connectivity index (χ3v) is 4.43. The van der Waals surface area contributed by atoms with Crippen LogP contribution in [-0.4, -0.2) is 29.2 Å². The topological polar surface area (TPSA) is 123 Å². The first kappa shape index (κ1) is 15.1. The molecule has 0 bridgehead atoms. The summed E-state index contributed by atoms with van der Waals surface area (Å²) in [6.45, 7) is 0. The standard InChI is InChI=1S/C11H12ClN5O3S/c1-17-10(4-5-14-17)21(19,20)16-9-6-7(11(13)15-18)2-3-8(9)12/h2-6,16,18H,1H3,(H2,13,15). The Morgan fingerprint density at radius 3 is 2.76 bits per heavy atom. The zero-order chi connectivity index (χ0) is 15.6. The molecule has 0 unspecified atom stereocenters. The molecule has 0 aliphatic heterocycles. The van der Waals surface area contributed by atoms with E-state index in [0.717, 1.165) is 0 Å². The van der Waals surface area contributed by atoms with Gasteiger partial charge in [-0.2, -0.15) is 13.5 Å². The van der Waals surface area contributed by atoms with Gasteiger partial charge in [-0.1, -0.05) is 16.8 Å². The van der Waals surface area contributed by atoms with Gasteiger partial charge in [-0.15, -0.1) is 0 Å². The summed E-state index contributed by atoms with van der Waals surface area (Å²) in [6.07, 6.45) is 1.36. The number of aromatic nitrogens is 2. The molecule has 2 aromatic rings. The summed E-state index contributed by atoms with van der Waals surface area (Å²) in [7, 11) is -2.35. The maximum atomic E-state index is 12.2. The van der Waals surface area contributed by atoms with Crippen molar-refractivity contribution in [2.45, 2.75) is 5.03 Å². The van der Waals surface area contributed by atoms with Crippen LogP contribution in [0.2, 0.25) is 5.02 Å². The van der Waals surface area contributed by atoms with Crippen molar-refractivity contribution >= 4 is 33.1 Å². The van der Waals surface area contributed by atoms with Crippen molar-refractivity contribution in [1.29, 1.82) is 0 Å². The Morgan fingerprint density at radius 2 is 2.19 bits per heavy atom. The predicted molar refractivity (Wildman–Crippen MR) is 78.0 cm³/mol. The number of amidine groups is 1. The molecule has 1 aromatic heterocycles. The van der Waals surface area contributed by atoms with Crippen LogP contribution < -0.4 is 10.5 Å². The van der Waals surface area contributed by atoms with E-state index in [-0.39, 0.29) is 21.6 Å². The number of nitrogens with one attached hydrogen (secondary N) is 1. The molecule has 1 aromatic carbocycles. The third kappa shape index (κ3) is 3.09. The van der Waals surface area contributed by atoms with Gasteiger partial charge in [0.15, 0.2) is 10.9 Å². The van der Waals surface area contributed by atoms with Crippen molar-refractivity contribution in [1.82, 2.24) is 9.78 Å². The van der Waals surface area contributed by atoms with Crippen LogP contribution in [0.15, 0.2) is 40.6 Å². The number of nitrogens with two attached hydrogens (primary N) is 1. The molecule has 0 saturated carbocycles. The minimum absolute atomic E-state index is 0.0206. The van der Waals surface area contributed by atoms with Crippen molar-refractivity contribution in [2.75, 3.05) is 4.72 Å². The number of hydrogen-bond acceptors (Lipinski definition) is 5. The Labute approximate surface area is 125 Å². The molecule has 0 radical (unpaired) electrons. The number of nitrogens with zero attached hydrogens (tertiary/aromatic N) is 3. The van der Waals surface area contributed by atoms with Gasteiger partial charge in [0.2, 0.25) is 0 Å². The smallest absolute Gasteiger partial charge is 0.279 e. The molecular formula is C11H12ClN5O3S. The van der Waals surface area contributed by atoms with Gasteiger partial charge in [0.25, 0.3) is 10.0 Å². The molecular weight excluding hydrogens is 318 g/mol. The summed E-state index contributed by atoms with van der Waals surface area (Å²) in [6, 6.07) is 5.66. The Morgan fingerprint density at radius 1 is 1.48 bits per heavy atom. The molecule has 0 aliphatic rings. The van der Waals surface area contributed by atoms with Gasteiger partial charge in [0, 0.05) is 12.6 Å². The number of oxime groups is 1. The Balaban J connectivity index is 2.42. The van der Waals surface area contributed by atoms with Gasteiger partial charge >= 0.3 is 0 Å². The lowest BCUT2D eigenvalue weighted by Gasteiger charge is -2.11. The van der Waals surface area contributed by atoms with Gasteiger partial charge in [-0.3, -0.25) is 9.40 Å². The molecule has 10 heteroatoms. The summed E-state index contributed by atoms with van der Waals surface area (Å²) in [5, 5.41) is 15.5. The quantitative estimate of drug-likeness (QED) is 0.334. The molecule has 0 saturated heterocycles. The summed E-state index contributed by atoms with van der Waals surface area (Å²) in [5.41, 5.74) is 5.90. The zero-order valence-electron chi connectivity index (χ0n) is 10.9. The summed E-state index contributed by atoms with van der Waals surface area (Å²) in [4.78, 5) is 0. The van der Waals surface area contributed by atoms with Crippen molar-refractivity contribution in [3.8, 4) is 0 Å². The van der Waals surface area contributed by atoms with Gasteiger partial charge < -0.3 is 10.9 Å². The van der Waals surface area contributed by atoms with Crippen molar-refractivity contribution in [3.63, 3.8) is 0 Å². The highest BCUT2D eigenvalue weighted by Crippen LogP contribution is 2.25. The minimum Gasteiger partial charge on any atom is -0.409 e. The van der Waals surface area contributed by atoms with Crippen LogP contribution in [0, 0.1) is 0 Å². The number of rotatable bonds is 4. The first-order valence-corrected chi connectivity index (χ1v) is 7.49. The molecule has 0 fully saturated rings. The van der Waals surface area contributed by atoms with Crippen molar-refractivity contribution in [3.05, 3.63) is 41.0 Å². The van der Waals surface area contributed by atoms with E-state index in [1.54, 1.807) is 0 Å². The van der Waals surface area contributed by atoms with E-state index in [1.807, 2.05) is 0 Å². The molecule has 21 heavy (non-hydrogen) atoms. The molecule has 112 valence electrons. The second-order valence-electron chi connectivity index (χ2n) is 4.08. The summed E-state index contributed by atoms with van der Waals surface area (Å²) < 4.78 is 28.0. The maximum Gasteiger partial charge on any atom is 0.279 e. The number of benzene rings is 1. The van der Waals surface area contributed by atoms with Gasteiger partial charge in [-0.25, -0.2) is 0 Å². The lowest BCUT2D eigenvalue weighted by Crippen LogP contribution is -2.18. The largest absolute Gasteiger partial charge is 0.409 e. The fraction of sp³-hybridized carbons (Fsp3) is 0.0909. The SMILES string of the molecule is Cn1nccc1S(=O)(=O)Nc1cc(/C(N)=N/O)ccc1Cl. The van der Waals surface area contributed by atoms with E-state index in [9.17, 15) is 8.42 Å². The molecule has 0 atom stereocenters. The fourth-order valence-corrected chi connectivity index (χ4v) is 3.06. The molecule has 0 aliphatic carbocycles. The molecule has 4 N–H and O–H groups in total. The first-order valence-electron chi connectivity index (χ1n) is 5.63. The van der Waals surface area contributed by atoms with E-state index < -0.39 is 10.0 Å². The highest BCUT2D eigenvalue weighted by molar-refractivity contribution is 7.92. The average Bonchev–Trinajstić information content (AvgIpc) is 2.87. The third-order valence-electron chi connectivity index (χ3n) is 2.67. The number of halogens is 1. The lowest BCUT2D eigenvalue weighted by molar-refractivity contribution is 0.318.